The van der Waals surface area contributed by atoms with Gasteiger partial charge in [-0.05, 0) is 65.2 Å². The molecule has 0 aliphatic carbocycles. The summed E-state index contributed by atoms with van der Waals surface area (Å²) in [5, 5.41) is 2.89. The first kappa shape index (κ1) is 15.1. The van der Waals surface area contributed by atoms with Gasteiger partial charge in [-0.25, -0.2) is 0 Å². The molecule has 0 aliphatic heterocycles. The van der Waals surface area contributed by atoms with E-state index < -0.39 is 0 Å². The van der Waals surface area contributed by atoms with E-state index in [2.05, 4.69) is 37.2 Å². The van der Waals surface area contributed by atoms with E-state index in [4.69, 9.17) is 5.73 Å². The van der Waals surface area contributed by atoms with Gasteiger partial charge in [-0.2, -0.15) is 0 Å². The van der Waals surface area contributed by atoms with Crippen molar-refractivity contribution in [3.63, 3.8) is 0 Å². The van der Waals surface area contributed by atoms with Gasteiger partial charge in [0.2, 0.25) is 0 Å². The third kappa shape index (κ3) is 3.22. The van der Waals surface area contributed by atoms with Gasteiger partial charge in [0.15, 0.2) is 0 Å². The lowest BCUT2D eigenvalue weighted by atomic mass is 10.1. The zero-order valence-electron chi connectivity index (χ0n) is 11.1. The van der Waals surface area contributed by atoms with Crippen LogP contribution in [0, 0.1) is 13.8 Å². The lowest BCUT2D eigenvalue weighted by Crippen LogP contribution is -2.14. The van der Waals surface area contributed by atoms with Gasteiger partial charge in [0, 0.05) is 20.3 Å². The average Bonchev–Trinajstić information content (AvgIpc) is 2.38. The number of carbonyl (C=O) groups is 1. The second kappa shape index (κ2) is 5.97. The number of halogens is 2. The van der Waals surface area contributed by atoms with E-state index in [1.54, 1.807) is 12.1 Å². The molecule has 20 heavy (non-hydrogen) atoms. The van der Waals surface area contributed by atoms with Crippen molar-refractivity contribution in [2.75, 3.05) is 11.1 Å². The van der Waals surface area contributed by atoms with Crippen LogP contribution in [0.4, 0.5) is 11.4 Å². The van der Waals surface area contributed by atoms with Crippen molar-refractivity contribution in [1.82, 2.24) is 0 Å². The minimum absolute atomic E-state index is 0.176. The quantitative estimate of drug-likeness (QED) is 0.723. The highest BCUT2D eigenvalue weighted by molar-refractivity contribution is 9.11. The summed E-state index contributed by atoms with van der Waals surface area (Å²) in [4.78, 5) is 12.3. The fourth-order valence-corrected chi connectivity index (χ4v) is 2.65. The Balaban J connectivity index is 2.32. The van der Waals surface area contributed by atoms with Crippen molar-refractivity contribution in [3.8, 4) is 0 Å². The first-order chi connectivity index (χ1) is 9.38. The molecule has 0 radical (unpaired) electrons. The van der Waals surface area contributed by atoms with Gasteiger partial charge in [-0.3, -0.25) is 4.79 Å². The number of nitrogens with one attached hydrogen (secondary N) is 1. The van der Waals surface area contributed by atoms with Crippen molar-refractivity contribution in [2.24, 2.45) is 0 Å². The number of nitrogens with two attached hydrogens (primary N) is 1. The smallest absolute Gasteiger partial charge is 0.256 e. The number of rotatable bonds is 2. The Labute approximate surface area is 134 Å². The second-order valence-electron chi connectivity index (χ2n) is 4.60. The summed E-state index contributed by atoms with van der Waals surface area (Å²) in [5.74, 6) is -0.176. The Bertz CT molecular complexity index is 684. The number of hydrogen-bond donors (Lipinski definition) is 2. The van der Waals surface area contributed by atoms with Crippen LogP contribution in [0.5, 0.6) is 0 Å². The van der Waals surface area contributed by atoms with Crippen LogP contribution in [0.2, 0.25) is 0 Å². The third-order valence-corrected chi connectivity index (χ3v) is 4.22. The Morgan fingerprint density at radius 1 is 1.10 bits per heavy atom. The first-order valence-corrected chi connectivity index (χ1v) is 7.60. The SMILES string of the molecule is Cc1cc(C)c(NC(=O)c2cc(Br)ccc2Br)cc1N. The molecular weight excluding hydrogens is 384 g/mol. The third-order valence-electron chi connectivity index (χ3n) is 3.03. The maximum atomic E-state index is 12.3. The van der Waals surface area contributed by atoms with Gasteiger partial charge >= 0.3 is 0 Å². The topological polar surface area (TPSA) is 55.1 Å². The zero-order chi connectivity index (χ0) is 14.9. The van der Waals surface area contributed by atoms with Crippen LogP contribution in [0.3, 0.4) is 0 Å². The molecule has 2 rings (SSSR count). The van der Waals surface area contributed by atoms with Gasteiger partial charge in [-0.1, -0.05) is 22.0 Å². The number of nitrogen functional groups attached to an aromatic ring is 1. The van der Waals surface area contributed by atoms with Crippen molar-refractivity contribution >= 4 is 49.1 Å². The van der Waals surface area contributed by atoms with Crippen molar-refractivity contribution < 1.29 is 4.79 Å². The Morgan fingerprint density at radius 2 is 1.80 bits per heavy atom. The molecule has 0 spiro atoms. The molecule has 104 valence electrons. The molecule has 0 aliphatic rings. The summed E-state index contributed by atoms with van der Waals surface area (Å²) in [6.45, 7) is 3.89. The van der Waals surface area contributed by atoms with Gasteiger partial charge in [-0.15, -0.1) is 0 Å². The molecule has 0 unspecified atom stereocenters. The normalized spacial score (nSPS) is 10.4. The lowest BCUT2D eigenvalue weighted by molar-refractivity contribution is 0.102. The van der Waals surface area contributed by atoms with Crippen molar-refractivity contribution in [2.45, 2.75) is 13.8 Å². The minimum atomic E-state index is -0.176. The van der Waals surface area contributed by atoms with Gasteiger partial charge in [0.05, 0.1) is 5.56 Å². The number of hydrogen-bond acceptors (Lipinski definition) is 2. The molecule has 2 aromatic carbocycles. The predicted octanol–water partition coefficient (Wildman–Crippen LogP) is 4.66. The van der Waals surface area contributed by atoms with Crippen molar-refractivity contribution in [3.05, 3.63) is 56.0 Å². The highest BCUT2D eigenvalue weighted by Gasteiger charge is 2.12. The molecule has 0 atom stereocenters. The number of carbonyl (C=O) groups excluding carboxylic acids is 1. The summed E-state index contributed by atoms with van der Waals surface area (Å²) in [6.07, 6.45) is 0. The minimum Gasteiger partial charge on any atom is -0.398 e. The lowest BCUT2D eigenvalue weighted by Gasteiger charge is -2.12. The molecule has 0 fully saturated rings. The van der Waals surface area contributed by atoms with E-state index in [1.165, 1.54) is 0 Å². The highest BCUT2D eigenvalue weighted by atomic mass is 79.9. The fraction of sp³-hybridized carbons (Fsp3) is 0.133. The van der Waals surface area contributed by atoms with E-state index in [-0.39, 0.29) is 5.91 Å². The standard InChI is InChI=1S/C15H14Br2N2O/c1-8-5-9(2)14(7-13(8)18)19-15(20)11-6-10(16)3-4-12(11)17/h3-7H,18H2,1-2H3,(H,19,20). The maximum absolute atomic E-state index is 12.3. The summed E-state index contributed by atoms with van der Waals surface area (Å²) in [7, 11) is 0. The molecule has 0 aromatic heterocycles. The summed E-state index contributed by atoms with van der Waals surface area (Å²) in [6, 6.07) is 9.22. The Kier molecular flexibility index (Phi) is 4.50. The predicted molar refractivity (Wildman–Crippen MR) is 90.1 cm³/mol. The van der Waals surface area contributed by atoms with Crippen LogP contribution in [0.15, 0.2) is 39.3 Å². The molecule has 1 amide bonds. The molecule has 2 aromatic rings. The number of aryl methyl sites for hydroxylation is 2. The fourth-order valence-electron chi connectivity index (χ4n) is 1.86. The van der Waals surface area contributed by atoms with E-state index in [1.807, 2.05) is 32.0 Å². The molecular formula is C15H14Br2N2O. The van der Waals surface area contributed by atoms with Gasteiger partial charge in [0.1, 0.15) is 0 Å². The Hall–Kier alpha value is -1.33. The molecule has 0 heterocycles. The molecule has 0 saturated heterocycles. The molecule has 0 bridgehead atoms. The van der Waals surface area contributed by atoms with Crippen molar-refractivity contribution in [1.29, 1.82) is 0 Å². The summed E-state index contributed by atoms with van der Waals surface area (Å²) >= 11 is 6.75. The van der Waals surface area contributed by atoms with E-state index in [0.29, 0.717) is 11.3 Å². The first-order valence-electron chi connectivity index (χ1n) is 6.01. The average molecular weight is 398 g/mol. The summed E-state index contributed by atoms with van der Waals surface area (Å²) < 4.78 is 1.60. The zero-order valence-corrected chi connectivity index (χ0v) is 14.3. The molecule has 0 saturated carbocycles. The van der Waals surface area contributed by atoms with Crippen LogP contribution < -0.4 is 11.1 Å². The highest BCUT2D eigenvalue weighted by Crippen LogP contribution is 2.25. The summed E-state index contributed by atoms with van der Waals surface area (Å²) in [5.41, 5.74) is 9.84. The molecule has 3 nitrogen and oxygen atoms in total. The number of anilines is 2. The van der Waals surface area contributed by atoms with Crippen LogP contribution in [-0.2, 0) is 0 Å². The van der Waals surface area contributed by atoms with Crippen LogP contribution in [0.25, 0.3) is 0 Å². The van der Waals surface area contributed by atoms with Crippen LogP contribution in [-0.4, -0.2) is 5.91 Å². The molecule has 5 heteroatoms. The van der Waals surface area contributed by atoms with E-state index in [9.17, 15) is 4.79 Å². The maximum Gasteiger partial charge on any atom is 0.256 e. The van der Waals surface area contributed by atoms with E-state index in [0.717, 1.165) is 25.8 Å². The Morgan fingerprint density at radius 3 is 2.50 bits per heavy atom. The number of amides is 1. The number of benzene rings is 2. The monoisotopic (exact) mass is 396 g/mol. The second-order valence-corrected chi connectivity index (χ2v) is 6.37. The van der Waals surface area contributed by atoms with Gasteiger partial charge in [0.25, 0.3) is 5.91 Å². The van der Waals surface area contributed by atoms with E-state index >= 15 is 0 Å². The van der Waals surface area contributed by atoms with Crippen LogP contribution >= 0.6 is 31.9 Å². The molecule has 3 N–H and O–H groups in total. The van der Waals surface area contributed by atoms with Crippen LogP contribution in [0.1, 0.15) is 21.5 Å². The largest absolute Gasteiger partial charge is 0.398 e. The van der Waals surface area contributed by atoms with Gasteiger partial charge < -0.3 is 11.1 Å².